The predicted molar refractivity (Wildman–Crippen MR) is 92.1 cm³/mol. The Morgan fingerprint density at radius 2 is 1.71 bits per heavy atom. The second kappa shape index (κ2) is 6.24. The summed E-state index contributed by atoms with van der Waals surface area (Å²) < 4.78 is 0. The molecule has 1 fully saturated rings. The number of carbonyl (C=O) groups excluding carboxylic acids is 1. The molecule has 4 heteroatoms. The fourth-order valence-electron chi connectivity index (χ4n) is 3.15. The minimum atomic E-state index is -0.492. The molecule has 1 aliphatic rings. The van der Waals surface area contributed by atoms with Crippen LogP contribution in [0.3, 0.4) is 0 Å². The van der Waals surface area contributed by atoms with Crippen molar-refractivity contribution in [2.24, 2.45) is 0 Å². The fourth-order valence-corrected chi connectivity index (χ4v) is 3.43. The molecule has 0 bridgehead atoms. The molecule has 0 atom stereocenters. The molecular weight excluding hydrogens is 280 g/mol. The molecule has 3 nitrogen and oxygen atoms in total. The first-order valence-corrected chi connectivity index (χ1v) is 7.85. The van der Waals surface area contributed by atoms with Gasteiger partial charge >= 0.3 is 0 Å². The summed E-state index contributed by atoms with van der Waals surface area (Å²) in [4.78, 5) is 17.6. The molecule has 0 aromatic heterocycles. The molecule has 0 saturated carbocycles. The van der Waals surface area contributed by atoms with Crippen molar-refractivity contribution in [1.29, 1.82) is 0 Å². The van der Waals surface area contributed by atoms with E-state index in [1.54, 1.807) is 6.92 Å². The van der Waals surface area contributed by atoms with Crippen molar-refractivity contribution in [3.05, 3.63) is 29.8 Å². The highest BCUT2D eigenvalue weighted by Gasteiger charge is 2.44. The SMILES string of the molecule is CC(=O)C1(N(C(C)=S)c2ccc(C)cc2)CCN(C)CC1. The van der Waals surface area contributed by atoms with Crippen LogP contribution in [0.1, 0.15) is 32.3 Å². The minimum Gasteiger partial charge on any atom is -0.323 e. The highest BCUT2D eigenvalue weighted by molar-refractivity contribution is 7.80. The molecule has 114 valence electrons. The lowest BCUT2D eigenvalue weighted by molar-refractivity contribution is -0.123. The first-order chi connectivity index (χ1) is 9.86. The molecular formula is C17H24N2OS. The van der Waals surface area contributed by atoms with Gasteiger partial charge in [-0.2, -0.15) is 0 Å². The summed E-state index contributed by atoms with van der Waals surface area (Å²) >= 11 is 5.49. The Labute approximate surface area is 132 Å². The molecule has 21 heavy (non-hydrogen) atoms. The standard InChI is InChI=1S/C17H24N2OS/c1-13-5-7-16(8-6-13)19(15(3)21)17(14(2)20)9-11-18(4)12-10-17/h5-8H,9-12H2,1-4H3. The lowest BCUT2D eigenvalue weighted by Gasteiger charge is -2.47. The smallest absolute Gasteiger partial charge is 0.155 e. The third-order valence-electron chi connectivity index (χ3n) is 4.50. The van der Waals surface area contributed by atoms with Crippen LogP contribution in [0.2, 0.25) is 0 Å². The van der Waals surface area contributed by atoms with Crippen molar-refractivity contribution < 1.29 is 4.79 Å². The van der Waals surface area contributed by atoms with Gasteiger partial charge in [-0.15, -0.1) is 0 Å². The van der Waals surface area contributed by atoms with Gasteiger partial charge in [0, 0.05) is 18.8 Å². The molecule has 0 N–H and O–H groups in total. The van der Waals surface area contributed by atoms with E-state index in [2.05, 4.69) is 48.0 Å². The van der Waals surface area contributed by atoms with Crippen molar-refractivity contribution in [1.82, 2.24) is 4.90 Å². The molecule has 2 rings (SSSR count). The van der Waals surface area contributed by atoms with E-state index in [9.17, 15) is 4.79 Å². The number of benzene rings is 1. The Kier molecular flexibility index (Phi) is 4.79. The lowest BCUT2D eigenvalue weighted by atomic mass is 9.81. The van der Waals surface area contributed by atoms with E-state index < -0.39 is 5.54 Å². The minimum absolute atomic E-state index is 0.209. The number of aryl methyl sites for hydroxylation is 1. The van der Waals surface area contributed by atoms with Crippen molar-refractivity contribution in [2.75, 3.05) is 25.0 Å². The number of ketones is 1. The molecule has 0 amide bonds. The second-order valence-electron chi connectivity index (χ2n) is 6.08. The highest BCUT2D eigenvalue weighted by Crippen LogP contribution is 2.34. The number of likely N-dealkylation sites (tertiary alicyclic amines) is 1. The molecule has 0 aliphatic carbocycles. The molecule has 1 aromatic rings. The van der Waals surface area contributed by atoms with Crippen molar-refractivity contribution in [2.45, 2.75) is 39.2 Å². The number of nitrogens with zero attached hydrogens (tertiary/aromatic N) is 2. The molecule has 1 aromatic carbocycles. The summed E-state index contributed by atoms with van der Waals surface area (Å²) in [6, 6.07) is 8.27. The van der Waals surface area contributed by atoms with E-state index in [1.807, 2.05) is 6.92 Å². The van der Waals surface area contributed by atoms with Crippen LogP contribution in [0, 0.1) is 6.92 Å². The third-order valence-corrected chi connectivity index (χ3v) is 4.69. The van der Waals surface area contributed by atoms with Gasteiger partial charge in [-0.1, -0.05) is 29.9 Å². The number of carbonyl (C=O) groups is 1. The van der Waals surface area contributed by atoms with E-state index >= 15 is 0 Å². The van der Waals surface area contributed by atoms with Crippen molar-refractivity contribution in [3.8, 4) is 0 Å². The zero-order valence-electron chi connectivity index (χ0n) is 13.3. The number of hydrogen-bond donors (Lipinski definition) is 0. The second-order valence-corrected chi connectivity index (χ2v) is 6.67. The molecule has 0 spiro atoms. The van der Waals surface area contributed by atoms with Gasteiger partial charge in [0.15, 0.2) is 5.78 Å². The van der Waals surface area contributed by atoms with E-state index in [-0.39, 0.29) is 5.78 Å². The van der Waals surface area contributed by atoms with Gasteiger partial charge in [-0.05, 0) is 52.8 Å². The van der Waals surface area contributed by atoms with Gasteiger partial charge in [0.2, 0.25) is 0 Å². The maximum atomic E-state index is 12.5. The Morgan fingerprint density at radius 1 is 1.19 bits per heavy atom. The first-order valence-electron chi connectivity index (χ1n) is 7.44. The molecule has 1 aliphatic heterocycles. The number of anilines is 1. The van der Waals surface area contributed by atoms with Crippen molar-refractivity contribution >= 4 is 28.7 Å². The molecule has 0 unspecified atom stereocenters. The number of thiocarbonyl (C=S) groups is 1. The predicted octanol–water partition coefficient (Wildman–Crippen LogP) is 3.20. The quantitative estimate of drug-likeness (QED) is 0.800. The summed E-state index contributed by atoms with van der Waals surface area (Å²) in [6.07, 6.45) is 1.64. The van der Waals surface area contributed by atoms with Gasteiger partial charge in [0.25, 0.3) is 0 Å². The van der Waals surface area contributed by atoms with Crippen molar-refractivity contribution in [3.63, 3.8) is 0 Å². The van der Waals surface area contributed by atoms with Gasteiger partial charge < -0.3 is 9.80 Å². The topological polar surface area (TPSA) is 23.6 Å². The molecule has 1 heterocycles. The summed E-state index contributed by atoms with van der Waals surface area (Å²) in [7, 11) is 2.10. The zero-order chi connectivity index (χ0) is 15.6. The maximum Gasteiger partial charge on any atom is 0.155 e. The Balaban J connectivity index is 2.45. The van der Waals surface area contributed by atoms with E-state index in [0.717, 1.165) is 36.6 Å². The number of hydrogen-bond acceptors (Lipinski definition) is 3. The number of piperidine rings is 1. The van der Waals surface area contributed by atoms with Crippen LogP contribution in [0.4, 0.5) is 5.69 Å². The van der Waals surface area contributed by atoms with Crippen LogP contribution < -0.4 is 4.90 Å². The van der Waals surface area contributed by atoms with Crippen LogP contribution in [0.25, 0.3) is 0 Å². The van der Waals surface area contributed by atoms with Crippen LogP contribution in [-0.4, -0.2) is 41.3 Å². The average Bonchev–Trinajstić information content (AvgIpc) is 2.43. The normalized spacial score (nSPS) is 18.3. The third kappa shape index (κ3) is 3.16. The Hall–Kier alpha value is -1.26. The molecule has 1 saturated heterocycles. The van der Waals surface area contributed by atoms with Crippen LogP contribution in [0.5, 0.6) is 0 Å². The van der Waals surface area contributed by atoms with E-state index in [0.29, 0.717) is 0 Å². The van der Waals surface area contributed by atoms with Gasteiger partial charge in [0.1, 0.15) is 5.54 Å². The van der Waals surface area contributed by atoms with Gasteiger partial charge in [-0.25, -0.2) is 0 Å². The summed E-state index contributed by atoms with van der Waals surface area (Å²) in [6.45, 7) is 7.52. The van der Waals surface area contributed by atoms with Gasteiger partial charge in [0.05, 0.1) is 4.99 Å². The zero-order valence-corrected chi connectivity index (χ0v) is 14.2. The van der Waals surface area contributed by atoms with Crippen LogP contribution in [0.15, 0.2) is 24.3 Å². The number of Topliss-reactive ketones (excluding diaryl/α,β-unsaturated/α-hetero) is 1. The van der Waals surface area contributed by atoms with E-state index in [4.69, 9.17) is 12.2 Å². The van der Waals surface area contributed by atoms with Crippen LogP contribution in [-0.2, 0) is 4.79 Å². The monoisotopic (exact) mass is 304 g/mol. The fraction of sp³-hybridized carbons (Fsp3) is 0.529. The Bertz CT molecular complexity index is 530. The summed E-state index contributed by atoms with van der Waals surface area (Å²) in [5, 5.41) is 0. The van der Waals surface area contributed by atoms with E-state index in [1.165, 1.54) is 5.56 Å². The first kappa shape index (κ1) is 16.1. The summed E-state index contributed by atoms with van der Waals surface area (Å²) in [5.74, 6) is 0.209. The van der Waals surface area contributed by atoms with Gasteiger partial charge in [-0.3, -0.25) is 4.79 Å². The average molecular weight is 304 g/mol. The summed E-state index contributed by atoms with van der Waals surface area (Å²) in [5.41, 5.74) is 1.74. The van der Waals surface area contributed by atoms with Crippen LogP contribution >= 0.6 is 12.2 Å². The molecule has 0 radical (unpaired) electrons. The largest absolute Gasteiger partial charge is 0.323 e. The lowest BCUT2D eigenvalue weighted by Crippen LogP contribution is -2.60. The maximum absolute atomic E-state index is 12.5. The number of rotatable bonds is 3. The Morgan fingerprint density at radius 3 is 2.14 bits per heavy atom. The highest BCUT2D eigenvalue weighted by atomic mass is 32.1.